The Hall–Kier alpha value is -2.68. The number of rotatable bonds is 8. The lowest BCUT2D eigenvalue weighted by atomic mass is 9.96. The summed E-state index contributed by atoms with van der Waals surface area (Å²) in [7, 11) is 2.94. The number of fused-ring (bicyclic) bond motifs is 1. The molecule has 1 aromatic heterocycles. The van der Waals surface area contributed by atoms with E-state index in [1.807, 2.05) is 13.0 Å². The zero-order valence-electron chi connectivity index (χ0n) is 22.4. The Kier molecular flexibility index (Phi) is 8.65. The first-order valence-corrected chi connectivity index (χ1v) is 14.3. The number of aromatic nitrogens is 2. The molecule has 2 aromatic carbocycles. The molecule has 0 saturated carbocycles. The second-order valence-corrected chi connectivity index (χ2v) is 12.1. The van der Waals surface area contributed by atoms with Crippen molar-refractivity contribution in [3.8, 4) is 5.75 Å². The quantitative estimate of drug-likeness (QED) is 0.299. The first-order valence-electron chi connectivity index (χ1n) is 12.6. The number of benzene rings is 2. The monoisotopic (exact) mass is 549 g/mol. The number of nitrogens with zero attached hydrogens (tertiary/aromatic N) is 3. The maximum Gasteiger partial charge on any atom is 0.416 e. The SMILES string of the molecule is COCCN1CCP(c2cc3c(N[C@H](C)c4cc(N)cc(C(F)(F)F)c4C)nc(C)nc3cc2OC)CC1. The lowest BCUT2D eigenvalue weighted by molar-refractivity contribution is -0.138. The molecular weight excluding hydrogens is 514 g/mol. The summed E-state index contributed by atoms with van der Waals surface area (Å²) in [4.78, 5) is 11.7. The van der Waals surface area contributed by atoms with Crippen LogP contribution in [0.1, 0.15) is 35.5 Å². The van der Waals surface area contributed by atoms with Crippen molar-refractivity contribution >= 4 is 35.6 Å². The molecule has 1 aliphatic rings. The van der Waals surface area contributed by atoms with E-state index in [2.05, 4.69) is 26.3 Å². The molecule has 1 aliphatic heterocycles. The fraction of sp³-hybridized carbons (Fsp3) is 0.481. The predicted molar refractivity (Wildman–Crippen MR) is 148 cm³/mol. The van der Waals surface area contributed by atoms with Gasteiger partial charge in [0.25, 0.3) is 0 Å². The molecular formula is C27H35F3N5O2P. The molecule has 206 valence electrons. The molecule has 0 radical (unpaired) electrons. The van der Waals surface area contributed by atoms with Gasteiger partial charge in [-0.15, -0.1) is 0 Å². The van der Waals surface area contributed by atoms with Crippen molar-refractivity contribution in [2.24, 2.45) is 0 Å². The number of hydrogen-bond donors (Lipinski definition) is 2. The van der Waals surface area contributed by atoms with Crippen LogP contribution >= 0.6 is 7.92 Å². The number of nitrogens with one attached hydrogen (secondary N) is 1. The molecule has 11 heteroatoms. The molecule has 0 amide bonds. The number of aryl methyl sites for hydroxylation is 1. The molecule has 1 fully saturated rings. The van der Waals surface area contributed by atoms with E-state index in [1.54, 1.807) is 27.2 Å². The zero-order chi connectivity index (χ0) is 27.6. The second kappa shape index (κ2) is 11.6. The molecule has 3 aromatic rings. The van der Waals surface area contributed by atoms with Crippen LogP contribution in [0.4, 0.5) is 24.7 Å². The van der Waals surface area contributed by atoms with Gasteiger partial charge in [0.2, 0.25) is 0 Å². The number of ether oxygens (including phenoxy) is 2. The van der Waals surface area contributed by atoms with Crippen LogP contribution in [-0.4, -0.2) is 67.7 Å². The molecule has 0 spiro atoms. The van der Waals surface area contributed by atoms with Crippen LogP contribution in [0.15, 0.2) is 24.3 Å². The van der Waals surface area contributed by atoms with Crippen LogP contribution in [0, 0.1) is 13.8 Å². The Bertz CT molecular complexity index is 1300. The minimum absolute atomic E-state index is 0.0713. The van der Waals surface area contributed by atoms with Gasteiger partial charge >= 0.3 is 6.18 Å². The van der Waals surface area contributed by atoms with Gasteiger partial charge in [0.15, 0.2) is 0 Å². The van der Waals surface area contributed by atoms with E-state index in [4.69, 9.17) is 15.2 Å². The summed E-state index contributed by atoms with van der Waals surface area (Å²) in [5.41, 5.74) is 6.56. The average Bonchev–Trinajstić information content (AvgIpc) is 2.87. The van der Waals surface area contributed by atoms with Crippen molar-refractivity contribution in [3.05, 3.63) is 46.8 Å². The highest BCUT2D eigenvalue weighted by atomic mass is 31.1. The van der Waals surface area contributed by atoms with Crippen molar-refractivity contribution in [1.29, 1.82) is 0 Å². The van der Waals surface area contributed by atoms with E-state index >= 15 is 0 Å². The van der Waals surface area contributed by atoms with E-state index in [0.29, 0.717) is 17.2 Å². The first-order chi connectivity index (χ1) is 18.0. The van der Waals surface area contributed by atoms with Gasteiger partial charge in [-0.3, -0.25) is 0 Å². The maximum absolute atomic E-state index is 13.6. The summed E-state index contributed by atoms with van der Waals surface area (Å²) in [6.45, 7) is 8.73. The summed E-state index contributed by atoms with van der Waals surface area (Å²) in [5.74, 6) is 1.94. The summed E-state index contributed by atoms with van der Waals surface area (Å²) < 4.78 is 51.9. The van der Waals surface area contributed by atoms with Gasteiger partial charge in [-0.2, -0.15) is 13.2 Å². The molecule has 38 heavy (non-hydrogen) atoms. The molecule has 4 rings (SSSR count). The fourth-order valence-electron chi connectivity index (χ4n) is 5.00. The minimum atomic E-state index is -4.49. The summed E-state index contributed by atoms with van der Waals surface area (Å²) >= 11 is 0. The van der Waals surface area contributed by atoms with Gasteiger partial charge < -0.3 is 25.4 Å². The van der Waals surface area contributed by atoms with E-state index in [-0.39, 0.29) is 11.3 Å². The zero-order valence-corrected chi connectivity index (χ0v) is 23.3. The van der Waals surface area contributed by atoms with E-state index in [0.717, 1.165) is 66.6 Å². The van der Waals surface area contributed by atoms with Gasteiger partial charge in [-0.25, -0.2) is 9.97 Å². The van der Waals surface area contributed by atoms with Crippen LogP contribution in [0.3, 0.4) is 0 Å². The molecule has 0 aliphatic carbocycles. The normalized spacial score (nSPS) is 16.1. The Morgan fingerprint density at radius 3 is 2.45 bits per heavy atom. The third-order valence-electron chi connectivity index (χ3n) is 7.03. The van der Waals surface area contributed by atoms with Gasteiger partial charge in [-0.1, -0.05) is 7.92 Å². The lowest BCUT2D eigenvalue weighted by Crippen LogP contribution is -2.37. The van der Waals surface area contributed by atoms with Crippen molar-refractivity contribution in [2.75, 3.05) is 63.8 Å². The highest BCUT2D eigenvalue weighted by molar-refractivity contribution is 7.66. The Morgan fingerprint density at radius 1 is 1.11 bits per heavy atom. The van der Waals surface area contributed by atoms with Gasteiger partial charge in [0, 0.05) is 49.2 Å². The van der Waals surface area contributed by atoms with Crippen LogP contribution in [-0.2, 0) is 10.9 Å². The molecule has 7 nitrogen and oxygen atoms in total. The fourth-order valence-corrected chi connectivity index (χ4v) is 7.53. The number of halogens is 3. The van der Waals surface area contributed by atoms with Crippen LogP contribution in [0.25, 0.3) is 10.9 Å². The van der Waals surface area contributed by atoms with Crippen molar-refractivity contribution in [3.63, 3.8) is 0 Å². The number of nitrogen functional groups attached to an aromatic ring is 1. The highest BCUT2D eigenvalue weighted by Gasteiger charge is 2.34. The summed E-state index contributed by atoms with van der Waals surface area (Å²) in [6.07, 6.45) is -2.39. The van der Waals surface area contributed by atoms with Crippen LogP contribution in [0.5, 0.6) is 5.75 Å². The standard InChI is InChI=1S/C27H35F3N5O2P/c1-16-20(12-19(31)13-22(16)27(28,29)30)17(2)32-26-21-14-25(24(37-5)15-23(21)33-18(3)34-26)38-10-7-35(8-11-38)6-9-36-4/h12-15,17H,6-11,31H2,1-5H3,(H,32,33,34)/t17-/m1/s1. The molecule has 1 atom stereocenters. The van der Waals surface area contributed by atoms with Crippen molar-refractivity contribution in [1.82, 2.24) is 14.9 Å². The number of anilines is 2. The smallest absolute Gasteiger partial charge is 0.416 e. The van der Waals surface area contributed by atoms with Gasteiger partial charge in [0.05, 0.1) is 30.8 Å². The number of hydrogen-bond acceptors (Lipinski definition) is 7. The number of alkyl halides is 3. The molecule has 0 bridgehead atoms. The van der Waals surface area contributed by atoms with Gasteiger partial charge in [-0.05, 0) is 62.4 Å². The predicted octanol–water partition coefficient (Wildman–Crippen LogP) is 5.10. The minimum Gasteiger partial charge on any atom is -0.496 e. The Morgan fingerprint density at radius 2 is 1.82 bits per heavy atom. The molecule has 2 heterocycles. The van der Waals surface area contributed by atoms with E-state index in [1.165, 1.54) is 6.92 Å². The van der Waals surface area contributed by atoms with Crippen LogP contribution in [0.2, 0.25) is 0 Å². The van der Waals surface area contributed by atoms with Crippen LogP contribution < -0.4 is 21.1 Å². The Balaban J connectivity index is 1.69. The Labute approximate surface area is 222 Å². The third kappa shape index (κ3) is 6.14. The second-order valence-electron chi connectivity index (χ2n) is 9.63. The van der Waals surface area contributed by atoms with Crippen molar-refractivity contribution < 1.29 is 22.6 Å². The number of methoxy groups -OCH3 is 2. The topological polar surface area (TPSA) is 85.5 Å². The largest absolute Gasteiger partial charge is 0.496 e. The highest BCUT2D eigenvalue weighted by Crippen LogP contribution is 2.42. The maximum atomic E-state index is 13.6. The number of nitrogens with two attached hydrogens (primary N) is 1. The molecule has 0 unspecified atom stereocenters. The average molecular weight is 550 g/mol. The summed E-state index contributed by atoms with van der Waals surface area (Å²) in [5, 5.41) is 5.33. The molecule has 3 N–H and O–H groups in total. The van der Waals surface area contributed by atoms with Gasteiger partial charge in [0.1, 0.15) is 17.4 Å². The third-order valence-corrected chi connectivity index (χ3v) is 9.54. The van der Waals surface area contributed by atoms with E-state index in [9.17, 15) is 13.2 Å². The molecule has 1 saturated heterocycles. The van der Waals surface area contributed by atoms with Crippen molar-refractivity contribution in [2.45, 2.75) is 33.0 Å². The summed E-state index contributed by atoms with van der Waals surface area (Å²) in [6, 6.07) is 6.15. The lowest BCUT2D eigenvalue weighted by Gasteiger charge is -2.33. The van der Waals surface area contributed by atoms with E-state index < -0.39 is 25.7 Å². The first kappa shape index (κ1) is 28.3.